The van der Waals surface area contributed by atoms with Crippen LogP contribution in [0.15, 0.2) is 18.2 Å². The van der Waals surface area contributed by atoms with Crippen LogP contribution in [0.5, 0.6) is 5.75 Å². The summed E-state index contributed by atoms with van der Waals surface area (Å²) in [4.78, 5) is 10.9. The number of Topliss-reactive ketones (excluding diaryl/α,β-unsaturated/α-hetero) is 1. The molecule has 0 saturated heterocycles. The molecule has 1 aromatic rings. The highest BCUT2D eigenvalue weighted by Crippen LogP contribution is 2.21. The van der Waals surface area contributed by atoms with E-state index in [1.807, 2.05) is 6.07 Å². The van der Waals surface area contributed by atoms with E-state index >= 15 is 0 Å². The van der Waals surface area contributed by atoms with Gasteiger partial charge in [0.2, 0.25) is 0 Å². The van der Waals surface area contributed by atoms with Crippen LogP contribution in [0.25, 0.3) is 0 Å². The van der Waals surface area contributed by atoms with Crippen molar-refractivity contribution in [1.29, 1.82) is 0 Å². The molecule has 0 radical (unpaired) electrons. The molecule has 0 aromatic heterocycles. The molecule has 0 bridgehead atoms. The maximum Gasteiger partial charge on any atom is 0.130 e. The fourth-order valence-corrected chi connectivity index (χ4v) is 1.56. The number of carbonyl (C=O) groups is 1. The molecule has 0 atom stereocenters. The van der Waals surface area contributed by atoms with Crippen LogP contribution in [0.2, 0.25) is 0 Å². The third kappa shape index (κ3) is 3.39. The summed E-state index contributed by atoms with van der Waals surface area (Å²) in [6, 6.07) is 6.17. The number of rotatable bonds is 5. The molecule has 0 unspecified atom stereocenters. The molecular formula is C13H18O2. The van der Waals surface area contributed by atoms with Gasteiger partial charge in [-0.3, -0.25) is 0 Å². The fraction of sp³-hybridized carbons (Fsp3) is 0.462. The molecule has 0 heterocycles. The van der Waals surface area contributed by atoms with Crippen molar-refractivity contribution in [1.82, 2.24) is 0 Å². The van der Waals surface area contributed by atoms with Crippen molar-refractivity contribution in [2.24, 2.45) is 0 Å². The zero-order valence-electron chi connectivity index (χ0n) is 9.67. The van der Waals surface area contributed by atoms with E-state index in [4.69, 9.17) is 4.74 Å². The minimum Gasteiger partial charge on any atom is -0.496 e. The topological polar surface area (TPSA) is 26.3 Å². The van der Waals surface area contributed by atoms with Crippen LogP contribution in [0.1, 0.15) is 31.4 Å². The van der Waals surface area contributed by atoms with E-state index in [9.17, 15) is 4.79 Å². The van der Waals surface area contributed by atoms with Crippen molar-refractivity contribution in [2.75, 3.05) is 7.11 Å². The van der Waals surface area contributed by atoms with Gasteiger partial charge in [0.05, 0.1) is 7.11 Å². The van der Waals surface area contributed by atoms with Gasteiger partial charge < -0.3 is 9.53 Å². The monoisotopic (exact) mass is 206 g/mol. The first kappa shape index (κ1) is 11.8. The lowest BCUT2D eigenvalue weighted by molar-refractivity contribution is -0.116. The maximum absolute atomic E-state index is 10.9. The van der Waals surface area contributed by atoms with Crippen molar-refractivity contribution in [3.8, 4) is 5.75 Å². The Labute approximate surface area is 91.3 Å². The minimum absolute atomic E-state index is 0.221. The predicted molar refractivity (Wildman–Crippen MR) is 61.4 cm³/mol. The lowest BCUT2D eigenvalue weighted by Gasteiger charge is -2.09. The highest BCUT2D eigenvalue weighted by molar-refractivity contribution is 5.75. The zero-order chi connectivity index (χ0) is 11.3. The second-order valence-electron chi connectivity index (χ2n) is 3.70. The highest BCUT2D eigenvalue weighted by Gasteiger charge is 2.05. The van der Waals surface area contributed by atoms with E-state index in [-0.39, 0.29) is 5.78 Å². The smallest absolute Gasteiger partial charge is 0.130 e. The number of carbonyl (C=O) groups excluding carboxylic acids is 1. The molecule has 0 spiro atoms. The summed E-state index contributed by atoms with van der Waals surface area (Å²) in [5.74, 6) is 1.10. The lowest BCUT2D eigenvalue weighted by atomic mass is 10.0. The van der Waals surface area contributed by atoms with E-state index in [1.54, 1.807) is 14.0 Å². The van der Waals surface area contributed by atoms with Gasteiger partial charge in [0.15, 0.2) is 0 Å². The summed E-state index contributed by atoms with van der Waals surface area (Å²) < 4.78 is 5.27. The summed E-state index contributed by atoms with van der Waals surface area (Å²) in [6.07, 6.45) is 2.37. The molecule has 1 aromatic carbocycles. The molecule has 2 nitrogen and oxygen atoms in total. The van der Waals surface area contributed by atoms with E-state index in [0.717, 1.165) is 24.2 Å². The Balaban J connectivity index is 2.85. The molecular weight excluding hydrogens is 188 g/mol. The van der Waals surface area contributed by atoms with Crippen LogP contribution in [0.3, 0.4) is 0 Å². The van der Waals surface area contributed by atoms with Crippen molar-refractivity contribution in [3.63, 3.8) is 0 Å². The van der Waals surface area contributed by atoms with Crippen LogP contribution >= 0.6 is 0 Å². The molecule has 0 aliphatic rings. The number of methoxy groups -OCH3 is 1. The Kier molecular flexibility index (Phi) is 4.35. The van der Waals surface area contributed by atoms with Crippen molar-refractivity contribution in [3.05, 3.63) is 29.3 Å². The summed E-state index contributed by atoms with van der Waals surface area (Å²) in [5, 5.41) is 0. The molecule has 0 N–H and O–H groups in total. The number of hydrogen-bond donors (Lipinski definition) is 0. The Morgan fingerprint density at radius 1 is 1.40 bits per heavy atom. The Hall–Kier alpha value is -1.31. The highest BCUT2D eigenvalue weighted by atomic mass is 16.5. The predicted octanol–water partition coefficient (Wildman–Crippen LogP) is 2.78. The number of ketones is 1. The minimum atomic E-state index is 0.221. The van der Waals surface area contributed by atoms with Crippen LogP contribution in [0, 0.1) is 0 Å². The van der Waals surface area contributed by atoms with Crippen LogP contribution in [0.4, 0.5) is 0 Å². The van der Waals surface area contributed by atoms with Crippen molar-refractivity contribution >= 4 is 5.78 Å². The average molecular weight is 206 g/mol. The van der Waals surface area contributed by atoms with Gasteiger partial charge in [-0.15, -0.1) is 0 Å². The largest absolute Gasteiger partial charge is 0.496 e. The second-order valence-corrected chi connectivity index (χ2v) is 3.70. The molecule has 82 valence electrons. The van der Waals surface area contributed by atoms with E-state index < -0.39 is 0 Å². The molecule has 0 aliphatic heterocycles. The van der Waals surface area contributed by atoms with Crippen molar-refractivity contribution < 1.29 is 9.53 Å². The number of ether oxygens (including phenoxy) is 1. The molecule has 1 rings (SSSR count). The summed E-state index contributed by atoms with van der Waals surface area (Å²) >= 11 is 0. The van der Waals surface area contributed by atoms with Gasteiger partial charge in [-0.1, -0.05) is 19.1 Å². The molecule has 0 saturated carbocycles. The van der Waals surface area contributed by atoms with Crippen LogP contribution in [-0.2, 0) is 17.6 Å². The molecule has 15 heavy (non-hydrogen) atoms. The molecule has 0 amide bonds. The van der Waals surface area contributed by atoms with Crippen LogP contribution in [-0.4, -0.2) is 12.9 Å². The quantitative estimate of drug-likeness (QED) is 0.740. The van der Waals surface area contributed by atoms with Gasteiger partial charge in [0, 0.05) is 6.42 Å². The number of hydrogen-bond acceptors (Lipinski definition) is 2. The SMILES string of the molecule is CCc1ccc(OC)c(CCC(C)=O)c1. The third-order valence-corrected chi connectivity index (χ3v) is 2.50. The first-order valence-corrected chi connectivity index (χ1v) is 5.32. The third-order valence-electron chi connectivity index (χ3n) is 2.50. The first-order valence-electron chi connectivity index (χ1n) is 5.32. The molecule has 0 fully saturated rings. The normalized spacial score (nSPS) is 10.1. The molecule has 0 aliphatic carbocycles. The van der Waals surface area contributed by atoms with Gasteiger partial charge in [0.25, 0.3) is 0 Å². The standard InChI is InChI=1S/C13H18O2/c1-4-11-6-8-13(15-3)12(9-11)7-5-10(2)14/h6,8-9H,4-5,7H2,1-3H3. The zero-order valence-corrected chi connectivity index (χ0v) is 9.67. The lowest BCUT2D eigenvalue weighted by Crippen LogP contribution is -1.98. The summed E-state index contributed by atoms with van der Waals surface area (Å²) in [6.45, 7) is 3.74. The van der Waals surface area contributed by atoms with Gasteiger partial charge >= 0.3 is 0 Å². The van der Waals surface area contributed by atoms with Crippen LogP contribution < -0.4 is 4.74 Å². The second kappa shape index (κ2) is 5.54. The Morgan fingerprint density at radius 3 is 2.67 bits per heavy atom. The number of benzene rings is 1. The van der Waals surface area contributed by atoms with Gasteiger partial charge in [0.1, 0.15) is 11.5 Å². The average Bonchev–Trinajstić information content (AvgIpc) is 2.25. The van der Waals surface area contributed by atoms with E-state index in [1.165, 1.54) is 5.56 Å². The van der Waals surface area contributed by atoms with Gasteiger partial charge in [-0.25, -0.2) is 0 Å². The van der Waals surface area contributed by atoms with Gasteiger partial charge in [-0.05, 0) is 37.0 Å². The van der Waals surface area contributed by atoms with Gasteiger partial charge in [-0.2, -0.15) is 0 Å². The molecule has 2 heteroatoms. The summed E-state index contributed by atoms with van der Waals surface area (Å²) in [5.41, 5.74) is 2.42. The first-order chi connectivity index (χ1) is 7.17. The summed E-state index contributed by atoms with van der Waals surface area (Å²) in [7, 11) is 1.66. The Bertz CT molecular complexity index is 342. The van der Waals surface area contributed by atoms with E-state index in [0.29, 0.717) is 6.42 Å². The van der Waals surface area contributed by atoms with Crippen molar-refractivity contribution in [2.45, 2.75) is 33.1 Å². The fourth-order valence-electron chi connectivity index (χ4n) is 1.56. The maximum atomic E-state index is 10.9. The Morgan fingerprint density at radius 2 is 2.13 bits per heavy atom. The van der Waals surface area contributed by atoms with E-state index in [2.05, 4.69) is 19.1 Å². The number of aryl methyl sites for hydroxylation is 2.